The first-order chi connectivity index (χ1) is 47.0. The van der Waals surface area contributed by atoms with Gasteiger partial charge >= 0.3 is 39.5 Å². The van der Waals surface area contributed by atoms with Crippen molar-refractivity contribution >= 4 is 39.5 Å². The van der Waals surface area contributed by atoms with Crippen LogP contribution in [0.4, 0.5) is 0 Å². The van der Waals surface area contributed by atoms with Crippen LogP contribution < -0.4 is 0 Å². The number of hydrogen-bond acceptors (Lipinski definition) is 15. The Labute approximate surface area is 594 Å². The lowest BCUT2D eigenvalue weighted by Gasteiger charge is -2.21. The summed E-state index contributed by atoms with van der Waals surface area (Å²) in [6.45, 7) is 7.22. The third-order valence-electron chi connectivity index (χ3n) is 18.3. The predicted octanol–water partition coefficient (Wildman–Crippen LogP) is 23.3. The van der Waals surface area contributed by atoms with Gasteiger partial charge in [-0.2, -0.15) is 0 Å². The van der Waals surface area contributed by atoms with Crippen molar-refractivity contribution in [1.82, 2.24) is 0 Å². The Morgan fingerprint density at radius 3 is 0.701 bits per heavy atom. The fraction of sp³-hybridized carbons (Fsp3) is 0.949. The summed E-state index contributed by atoms with van der Waals surface area (Å²) >= 11 is 0. The topological polar surface area (TPSA) is 237 Å². The number of phosphoric acid groups is 2. The Morgan fingerprint density at radius 1 is 0.278 bits per heavy atom. The van der Waals surface area contributed by atoms with E-state index in [1.807, 2.05) is 0 Å². The molecular formula is C78H152O17P2. The second-order valence-electron chi connectivity index (χ2n) is 28.6. The molecule has 0 fully saturated rings. The number of carbonyl (C=O) groups is 4. The molecule has 19 heteroatoms. The van der Waals surface area contributed by atoms with Gasteiger partial charge in [-0.15, -0.1) is 0 Å². The molecule has 2 unspecified atom stereocenters. The molecule has 0 aliphatic rings. The minimum atomic E-state index is -4.96. The van der Waals surface area contributed by atoms with Crippen molar-refractivity contribution in [1.29, 1.82) is 0 Å². The Morgan fingerprint density at radius 2 is 0.474 bits per heavy atom. The SMILES string of the molecule is CCCCCCCCCCCCCCCCCCCCCCC(=O)O[C@H](COC(=O)CCCCCCCCCCCCCCCCCC)COP(=O)(O)OC[C@@H](O)COP(=O)(O)OC[C@@H](COC(=O)CCCCCCCCC(C)C)OC(=O)CCCCCCCCCCCCCC. The number of rotatable bonds is 78. The third-order valence-corrected chi connectivity index (χ3v) is 20.2. The largest absolute Gasteiger partial charge is 0.472 e. The minimum absolute atomic E-state index is 0.107. The van der Waals surface area contributed by atoms with Crippen molar-refractivity contribution in [2.75, 3.05) is 39.6 Å². The molecule has 97 heavy (non-hydrogen) atoms. The van der Waals surface area contributed by atoms with E-state index in [9.17, 15) is 43.2 Å². The maximum Gasteiger partial charge on any atom is 0.472 e. The van der Waals surface area contributed by atoms with Gasteiger partial charge in [-0.05, 0) is 31.6 Å². The Kier molecular flexibility index (Phi) is 69.6. The van der Waals surface area contributed by atoms with Crippen LogP contribution in [0.25, 0.3) is 0 Å². The molecule has 0 aromatic heterocycles. The summed E-state index contributed by atoms with van der Waals surface area (Å²) in [7, 11) is -9.91. The predicted molar refractivity (Wildman–Crippen MR) is 395 cm³/mol. The minimum Gasteiger partial charge on any atom is -0.462 e. The summed E-state index contributed by atoms with van der Waals surface area (Å²) in [5.74, 6) is -1.43. The highest BCUT2D eigenvalue weighted by Crippen LogP contribution is 2.45. The third kappa shape index (κ3) is 72.2. The van der Waals surface area contributed by atoms with Crippen LogP contribution in [-0.2, 0) is 65.4 Å². The normalized spacial score (nSPS) is 13.9. The quantitative estimate of drug-likeness (QED) is 0.0222. The summed E-state index contributed by atoms with van der Waals surface area (Å²) in [5, 5.41) is 10.6. The summed E-state index contributed by atoms with van der Waals surface area (Å²) in [5.41, 5.74) is 0. The average molecular weight is 1420 g/mol. The highest BCUT2D eigenvalue weighted by Gasteiger charge is 2.30. The van der Waals surface area contributed by atoms with Gasteiger partial charge in [0.25, 0.3) is 0 Å². The molecule has 0 heterocycles. The molecule has 576 valence electrons. The van der Waals surface area contributed by atoms with Crippen LogP contribution in [0.15, 0.2) is 0 Å². The van der Waals surface area contributed by atoms with Gasteiger partial charge < -0.3 is 33.8 Å². The first-order valence-corrected chi connectivity index (χ1v) is 43.6. The zero-order valence-electron chi connectivity index (χ0n) is 63.2. The van der Waals surface area contributed by atoms with Crippen molar-refractivity contribution in [3.8, 4) is 0 Å². The first kappa shape index (κ1) is 95.1. The molecule has 0 aliphatic carbocycles. The number of unbranched alkanes of at least 4 members (excludes halogenated alkanes) is 50. The van der Waals surface area contributed by atoms with Gasteiger partial charge in [0.2, 0.25) is 0 Å². The molecule has 0 aromatic carbocycles. The Bertz CT molecular complexity index is 1860. The monoisotopic (exact) mass is 1420 g/mol. The second kappa shape index (κ2) is 71.1. The first-order valence-electron chi connectivity index (χ1n) is 40.6. The van der Waals surface area contributed by atoms with Crippen molar-refractivity contribution in [3.63, 3.8) is 0 Å². The van der Waals surface area contributed by atoms with E-state index in [0.29, 0.717) is 31.6 Å². The standard InChI is InChI=1S/C78H152O17P2/c1-6-9-12-15-18-21-24-27-29-31-32-33-34-36-38-41-44-47-54-59-64-78(83)94-73(67-88-75(80)61-56-51-45-42-40-37-35-30-28-25-22-19-16-13-10-7-2)69-92-96(84,85)90-65-72(79)66-91-97(86,87)93-70-74(68-89-76(81)62-57-52-49-48-50-55-60-71(4)5)95-77(82)63-58-53-46-43-39-26-23-20-17-14-11-8-3/h71-74,79H,6-70H2,1-5H3,(H,84,85)(H,86,87)/t72-,73-,74-/m1/s1. The number of phosphoric ester groups is 2. The highest BCUT2D eigenvalue weighted by atomic mass is 31.2. The summed E-state index contributed by atoms with van der Waals surface area (Å²) in [6, 6.07) is 0. The number of aliphatic hydroxyl groups excluding tert-OH is 1. The summed E-state index contributed by atoms with van der Waals surface area (Å²) in [4.78, 5) is 72.8. The van der Waals surface area contributed by atoms with E-state index >= 15 is 0 Å². The second-order valence-corrected chi connectivity index (χ2v) is 31.5. The van der Waals surface area contributed by atoms with Crippen molar-refractivity contribution < 1.29 is 80.2 Å². The number of ether oxygens (including phenoxy) is 4. The van der Waals surface area contributed by atoms with E-state index in [1.165, 1.54) is 231 Å². The average Bonchev–Trinajstić information content (AvgIpc) is 1.93. The van der Waals surface area contributed by atoms with Crippen LogP contribution in [0.5, 0.6) is 0 Å². The van der Waals surface area contributed by atoms with Crippen molar-refractivity contribution in [3.05, 3.63) is 0 Å². The molecule has 0 saturated heterocycles. The van der Waals surface area contributed by atoms with Crippen LogP contribution in [0.3, 0.4) is 0 Å². The van der Waals surface area contributed by atoms with Crippen molar-refractivity contribution in [2.45, 2.75) is 432 Å². The molecule has 17 nitrogen and oxygen atoms in total. The van der Waals surface area contributed by atoms with Gasteiger partial charge in [0.15, 0.2) is 12.2 Å². The molecule has 0 aliphatic heterocycles. The van der Waals surface area contributed by atoms with E-state index in [-0.39, 0.29) is 25.7 Å². The molecule has 0 saturated carbocycles. The lowest BCUT2D eigenvalue weighted by molar-refractivity contribution is -0.161. The maximum atomic E-state index is 13.1. The van der Waals surface area contributed by atoms with Gasteiger partial charge in [0, 0.05) is 25.7 Å². The van der Waals surface area contributed by atoms with Crippen molar-refractivity contribution in [2.24, 2.45) is 5.92 Å². The van der Waals surface area contributed by atoms with E-state index in [2.05, 4.69) is 34.6 Å². The molecule has 0 aromatic rings. The molecule has 3 N–H and O–H groups in total. The number of aliphatic hydroxyl groups is 1. The lowest BCUT2D eigenvalue weighted by atomic mass is 10.0. The van der Waals surface area contributed by atoms with Crippen LogP contribution >= 0.6 is 15.6 Å². The van der Waals surface area contributed by atoms with Gasteiger partial charge in [-0.3, -0.25) is 37.3 Å². The Hall–Kier alpha value is -1.94. The van der Waals surface area contributed by atoms with E-state index < -0.39 is 97.5 Å². The molecule has 0 bridgehead atoms. The lowest BCUT2D eigenvalue weighted by Crippen LogP contribution is -2.30. The van der Waals surface area contributed by atoms with Gasteiger partial charge in [0.1, 0.15) is 19.3 Å². The fourth-order valence-electron chi connectivity index (χ4n) is 12.1. The molecule has 0 amide bonds. The summed E-state index contributed by atoms with van der Waals surface area (Å²) < 4.78 is 68.6. The van der Waals surface area contributed by atoms with Gasteiger partial charge in [0.05, 0.1) is 26.4 Å². The number of hydrogen-bond donors (Lipinski definition) is 3. The van der Waals surface area contributed by atoms with Crippen LogP contribution in [0, 0.1) is 5.92 Å². The van der Waals surface area contributed by atoms with Crippen LogP contribution in [0.2, 0.25) is 0 Å². The fourth-order valence-corrected chi connectivity index (χ4v) is 13.6. The van der Waals surface area contributed by atoms with E-state index in [0.717, 1.165) is 96.3 Å². The molecule has 0 radical (unpaired) electrons. The van der Waals surface area contributed by atoms with Gasteiger partial charge in [-0.25, -0.2) is 9.13 Å². The molecule has 0 spiro atoms. The zero-order valence-corrected chi connectivity index (χ0v) is 65.0. The van der Waals surface area contributed by atoms with E-state index in [4.69, 9.17) is 37.0 Å². The highest BCUT2D eigenvalue weighted by molar-refractivity contribution is 7.47. The Balaban J connectivity index is 5.21. The molecule has 0 rings (SSSR count). The molecule has 5 atom stereocenters. The smallest absolute Gasteiger partial charge is 0.462 e. The van der Waals surface area contributed by atoms with Crippen LogP contribution in [0.1, 0.15) is 413 Å². The zero-order chi connectivity index (χ0) is 71.2. The maximum absolute atomic E-state index is 13.1. The van der Waals surface area contributed by atoms with Gasteiger partial charge in [-0.1, -0.05) is 362 Å². The van der Waals surface area contributed by atoms with E-state index in [1.54, 1.807) is 0 Å². The summed E-state index contributed by atoms with van der Waals surface area (Å²) in [6.07, 6.45) is 61.2. The van der Waals surface area contributed by atoms with Crippen LogP contribution in [-0.4, -0.2) is 96.7 Å². The number of esters is 4. The molecular weight excluding hydrogens is 1270 g/mol. The number of carbonyl (C=O) groups excluding carboxylic acids is 4.